The van der Waals surface area contributed by atoms with Crippen molar-refractivity contribution in [3.05, 3.63) is 35.4 Å². The van der Waals surface area contributed by atoms with Gasteiger partial charge in [0.05, 0.1) is 5.92 Å². The number of nitrogens with zero attached hydrogens (tertiary/aromatic N) is 2. The van der Waals surface area contributed by atoms with Crippen molar-refractivity contribution in [1.29, 1.82) is 0 Å². The second-order valence-electron chi connectivity index (χ2n) is 7.84. The zero-order valence-corrected chi connectivity index (χ0v) is 16.4. The molecule has 152 valence electrons. The van der Waals surface area contributed by atoms with Crippen LogP contribution in [-0.2, 0) is 4.79 Å². The molecule has 1 aromatic rings. The van der Waals surface area contributed by atoms with Crippen LogP contribution in [0.15, 0.2) is 24.3 Å². The number of carboxylic acid groups (broad SMARTS) is 1. The van der Waals surface area contributed by atoms with E-state index in [0.717, 1.165) is 12.0 Å². The lowest BCUT2D eigenvalue weighted by Crippen LogP contribution is -2.47. The molecule has 0 spiro atoms. The molecule has 0 bridgehead atoms. The van der Waals surface area contributed by atoms with Crippen LogP contribution in [0.4, 0.5) is 4.79 Å². The van der Waals surface area contributed by atoms with Crippen LogP contribution in [-0.4, -0.2) is 65.0 Å². The largest absolute Gasteiger partial charge is 0.481 e. The summed E-state index contributed by atoms with van der Waals surface area (Å²) >= 11 is 0. The SMILES string of the molecule is Cc1cccc(C(=O)N2CCCN(C(=O)NC3CCC(C(=O)O)CC3)CC2)c1. The highest BCUT2D eigenvalue weighted by molar-refractivity contribution is 5.94. The summed E-state index contributed by atoms with van der Waals surface area (Å²) in [7, 11) is 0. The van der Waals surface area contributed by atoms with Crippen LogP contribution in [0, 0.1) is 12.8 Å². The molecule has 7 nitrogen and oxygen atoms in total. The van der Waals surface area contributed by atoms with Crippen LogP contribution in [0.25, 0.3) is 0 Å². The predicted octanol–water partition coefficient (Wildman–Crippen LogP) is 2.50. The number of aryl methyl sites for hydroxylation is 1. The average Bonchev–Trinajstić information content (AvgIpc) is 2.94. The number of nitrogens with one attached hydrogen (secondary N) is 1. The lowest BCUT2D eigenvalue weighted by Gasteiger charge is -2.29. The Morgan fingerprint density at radius 3 is 2.36 bits per heavy atom. The number of hydrogen-bond acceptors (Lipinski definition) is 3. The number of carbonyl (C=O) groups excluding carboxylic acids is 2. The Morgan fingerprint density at radius 1 is 1.00 bits per heavy atom. The van der Waals surface area contributed by atoms with Gasteiger partial charge in [-0.25, -0.2) is 4.79 Å². The molecule has 1 saturated heterocycles. The van der Waals surface area contributed by atoms with Crippen LogP contribution >= 0.6 is 0 Å². The highest BCUT2D eigenvalue weighted by atomic mass is 16.4. The number of carboxylic acids is 1. The van der Waals surface area contributed by atoms with Crippen molar-refractivity contribution < 1.29 is 19.5 Å². The number of carbonyl (C=O) groups is 3. The molecule has 0 atom stereocenters. The molecule has 0 aromatic heterocycles. The number of hydrogen-bond donors (Lipinski definition) is 2. The topological polar surface area (TPSA) is 90.0 Å². The first kappa shape index (κ1) is 20.2. The molecule has 1 aromatic carbocycles. The molecule has 2 N–H and O–H groups in total. The van der Waals surface area contributed by atoms with Crippen molar-refractivity contribution in [2.75, 3.05) is 26.2 Å². The van der Waals surface area contributed by atoms with E-state index in [4.69, 9.17) is 5.11 Å². The summed E-state index contributed by atoms with van der Waals surface area (Å²) in [6.45, 7) is 4.25. The molecule has 3 rings (SSSR count). The molecule has 3 amide bonds. The molecule has 7 heteroatoms. The molecule has 0 unspecified atom stereocenters. The van der Waals surface area contributed by atoms with E-state index in [9.17, 15) is 14.4 Å². The fourth-order valence-electron chi connectivity index (χ4n) is 4.03. The summed E-state index contributed by atoms with van der Waals surface area (Å²) in [6.07, 6.45) is 3.37. The molecule has 1 heterocycles. The Balaban J connectivity index is 1.50. The highest BCUT2D eigenvalue weighted by Crippen LogP contribution is 2.24. The van der Waals surface area contributed by atoms with E-state index in [0.29, 0.717) is 57.4 Å². The van der Waals surface area contributed by atoms with Gasteiger partial charge in [-0.15, -0.1) is 0 Å². The summed E-state index contributed by atoms with van der Waals surface area (Å²) < 4.78 is 0. The lowest BCUT2D eigenvalue weighted by atomic mass is 9.86. The van der Waals surface area contributed by atoms with Gasteiger partial charge in [0.25, 0.3) is 5.91 Å². The van der Waals surface area contributed by atoms with Crippen molar-refractivity contribution in [2.45, 2.75) is 45.1 Å². The second kappa shape index (κ2) is 9.08. The van der Waals surface area contributed by atoms with Gasteiger partial charge in [0, 0.05) is 37.8 Å². The van der Waals surface area contributed by atoms with Crippen molar-refractivity contribution >= 4 is 17.9 Å². The van der Waals surface area contributed by atoms with Crippen LogP contribution < -0.4 is 5.32 Å². The fourth-order valence-corrected chi connectivity index (χ4v) is 4.03. The van der Waals surface area contributed by atoms with E-state index < -0.39 is 5.97 Å². The van der Waals surface area contributed by atoms with E-state index in [1.807, 2.05) is 36.1 Å². The monoisotopic (exact) mass is 387 g/mol. The minimum absolute atomic E-state index is 0.0120. The van der Waals surface area contributed by atoms with Gasteiger partial charge >= 0.3 is 12.0 Å². The summed E-state index contributed by atoms with van der Waals surface area (Å²) in [5.74, 6) is -1.01. The molecule has 1 aliphatic heterocycles. The minimum Gasteiger partial charge on any atom is -0.481 e. The number of aliphatic carboxylic acids is 1. The van der Waals surface area contributed by atoms with E-state index in [1.54, 1.807) is 4.90 Å². The first-order valence-electron chi connectivity index (χ1n) is 10.1. The summed E-state index contributed by atoms with van der Waals surface area (Å²) in [6, 6.07) is 7.51. The van der Waals surface area contributed by atoms with Gasteiger partial charge in [-0.3, -0.25) is 9.59 Å². The first-order chi connectivity index (χ1) is 13.4. The predicted molar refractivity (Wildman–Crippen MR) is 105 cm³/mol. The Kier molecular flexibility index (Phi) is 6.54. The third-order valence-electron chi connectivity index (χ3n) is 5.74. The van der Waals surface area contributed by atoms with E-state index in [2.05, 4.69) is 5.32 Å². The fraction of sp³-hybridized carbons (Fsp3) is 0.571. The van der Waals surface area contributed by atoms with Gasteiger partial charge in [0.1, 0.15) is 0 Å². The summed E-state index contributed by atoms with van der Waals surface area (Å²) in [5.41, 5.74) is 1.74. The maximum absolute atomic E-state index is 12.7. The normalized spacial score (nSPS) is 23.0. The standard InChI is InChI=1S/C21H29N3O4/c1-15-4-2-5-17(14-15)19(25)23-10-3-11-24(13-12-23)21(28)22-18-8-6-16(7-9-18)20(26)27/h2,4-5,14,16,18H,3,6-13H2,1H3,(H,22,28)(H,26,27). The maximum atomic E-state index is 12.7. The summed E-state index contributed by atoms with van der Waals surface area (Å²) in [5, 5.41) is 12.1. The van der Waals surface area contributed by atoms with Gasteiger partial charge in [-0.1, -0.05) is 17.7 Å². The summed E-state index contributed by atoms with van der Waals surface area (Å²) in [4.78, 5) is 40.0. The smallest absolute Gasteiger partial charge is 0.317 e. The first-order valence-corrected chi connectivity index (χ1v) is 10.1. The molecular formula is C21H29N3O4. The molecule has 0 radical (unpaired) electrons. The van der Waals surface area contributed by atoms with Gasteiger partial charge < -0.3 is 20.2 Å². The molecular weight excluding hydrogens is 358 g/mol. The molecule has 1 aliphatic carbocycles. The van der Waals surface area contributed by atoms with Crippen molar-refractivity contribution in [1.82, 2.24) is 15.1 Å². The van der Waals surface area contributed by atoms with Crippen molar-refractivity contribution in [3.8, 4) is 0 Å². The number of amides is 3. The maximum Gasteiger partial charge on any atom is 0.317 e. The zero-order valence-electron chi connectivity index (χ0n) is 16.4. The molecule has 2 fully saturated rings. The number of benzene rings is 1. The second-order valence-corrected chi connectivity index (χ2v) is 7.84. The molecule has 2 aliphatic rings. The van der Waals surface area contributed by atoms with Gasteiger partial charge in [0.2, 0.25) is 0 Å². The lowest BCUT2D eigenvalue weighted by molar-refractivity contribution is -0.142. The van der Waals surface area contributed by atoms with E-state index in [-0.39, 0.29) is 23.9 Å². The Morgan fingerprint density at radius 2 is 1.68 bits per heavy atom. The molecule has 1 saturated carbocycles. The Bertz CT molecular complexity index is 728. The van der Waals surface area contributed by atoms with Gasteiger partial charge in [0.15, 0.2) is 0 Å². The number of urea groups is 1. The molecule has 28 heavy (non-hydrogen) atoms. The van der Waals surface area contributed by atoms with Crippen molar-refractivity contribution in [2.24, 2.45) is 5.92 Å². The van der Waals surface area contributed by atoms with Crippen LogP contribution in [0.3, 0.4) is 0 Å². The third kappa shape index (κ3) is 5.03. The van der Waals surface area contributed by atoms with Crippen LogP contribution in [0.5, 0.6) is 0 Å². The quantitative estimate of drug-likeness (QED) is 0.834. The van der Waals surface area contributed by atoms with E-state index >= 15 is 0 Å². The van der Waals surface area contributed by atoms with Crippen molar-refractivity contribution in [3.63, 3.8) is 0 Å². The van der Waals surface area contributed by atoms with Gasteiger partial charge in [-0.2, -0.15) is 0 Å². The van der Waals surface area contributed by atoms with Crippen LogP contribution in [0.2, 0.25) is 0 Å². The Labute approximate surface area is 165 Å². The zero-order chi connectivity index (χ0) is 20.1. The minimum atomic E-state index is -0.740. The third-order valence-corrected chi connectivity index (χ3v) is 5.74. The Hall–Kier alpha value is -2.57. The van der Waals surface area contributed by atoms with Crippen LogP contribution in [0.1, 0.15) is 48.0 Å². The average molecular weight is 387 g/mol. The van der Waals surface area contributed by atoms with E-state index in [1.165, 1.54) is 0 Å². The van der Waals surface area contributed by atoms with Gasteiger partial charge in [-0.05, 0) is 51.2 Å². The number of rotatable bonds is 3. The highest BCUT2D eigenvalue weighted by Gasteiger charge is 2.28.